The van der Waals surface area contributed by atoms with Gasteiger partial charge in [0.25, 0.3) is 0 Å². The van der Waals surface area contributed by atoms with Crippen molar-refractivity contribution in [3.05, 3.63) is 69.6 Å². The number of benzene rings is 1. The highest BCUT2D eigenvalue weighted by Gasteiger charge is 2.52. The fourth-order valence-electron chi connectivity index (χ4n) is 4.88. The summed E-state index contributed by atoms with van der Waals surface area (Å²) >= 11 is 0. The van der Waals surface area contributed by atoms with Crippen molar-refractivity contribution in [1.29, 1.82) is 0 Å². The summed E-state index contributed by atoms with van der Waals surface area (Å²) in [6, 6.07) is 6.90. The van der Waals surface area contributed by atoms with Gasteiger partial charge in [-0.15, -0.1) is 6.58 Å². The van der Waals surface area contributed by atoms with Gasteiger partial charge in [-0.2, -0.15) is 0 Å². The zero-order valence-corrected chi connectivity index (χ0v) is 16.6. The van der Waals surface area contributed by atoms with Gasteiger partial charge in [0.1, 0.15) is 11.0 Å². The summed E-state index contributed by atoms with van der Waals surface area (Å²) in [7, 11) is 1.58. The van der Waals surface area contributed by atoms with Gasteiger partial charge in [0, 0.05) is 33.5 Å². The monoisotopic (exact) mass is 406 g/mol. The fourth-order valence-corrected chi connectivity index (χ4v) is 4.88. The first kappa shape index (κ1) is 19.8. The van der Waals surface area contributed by atoms with Crippen LogP contribution in [-0.4, -0.2) is 36.1 Å². The fraction of sp³-hybridized carbons (Fsp3) is 0.450. The van der Waals surface area contributed by atoms with E-state index in [1.807, 2.05) is 24.3 Å². The summed E-state index contributed by atoms with van der Waals surface area (Å²) in [5, 5.41) is 8.23. The molecule has 3 aliphatic rings. The summed E-state index contributed by atoms with van der Waals surface area (Å²) in [6.07, 6.45) is 5.38. The van der Waals surface area contributed by atoms with Crippen molar-refractivity contribution in [3.63, 3.8) is 0 Å². The number of aromatic nitrogens is 1. The standard InChI is InChI=1S/C20H22N8O2/c1-3-13-12-28-9-7-14(13)10-19(28)20(24-25-21,30-27-26-22)17-6-8-23-18-5-4-15(29-2)11-16(17)18/h3-6,8,11,13-14,19H,1,7,9-10,12H2,2H3/t13-,14-,19-,20+/m0/s1. The molecule has 154 valence electrons. The van der Waals surface area contributed by atoms with Crippen LogP contribution in [0.4, 0.5) is 0 Å². The number of ether oxygens (including phenoxy) is 1. The second kappa shape index (κ2) is 8.12. The van der Waals surface area contributed by atoms with Crippen LogP contribution in [0.5, 0.6) is 5.75 Å². The predicted octanol–water partition coefficient (Wildman–Crippen LogP) is 4.84. The number of rotatable bonds is 7. The lowest BCUT2D eigenvalue weighted by Gasteiger charge is -2.53. The third kappa shape index (κ3) is 3.17. The van der Waals surface area contributed by atoms with Crippen molar-refractivity contribution >= 4 is 10.9 Å². The number of piperidine rings is 3. The van der Waals surface area contributed by atoms with E-state index >= 15 is 0 Å². The van der Waals surface area contributed by atoms with Crippen molar-refractivity contribution in [3.8, 4) is 5.75 Å². The normalized spacial score (nSPS) is 26.7. The van der Waals surface area contributed by atoms with Crippen LogP contribution < -0.4 is 4.74 Å². The Bertz CT molecular complexity index is 1060. The molecule has 0 spiro atoms. The minimum Gasteiger partial charge on any atom is -0.497 e. The molecule has 10 nitrogen and oxygen atoms in total. The predicted molar refractivity (Wildman–Crippen MR) is 111 cm³/mol. The van der Waals surface area contributed by atoms with Gasteiger partial charge in [-0.05, 0) is 71.7 Å². The number of pyridine rings is 1. The van der Waals surface area contributed by atoms with E-state index in [9.17, 15) is 5.53 Å². The summed E-state index contributed by atoms with van der Waals surface area (Å²) in [4.78, 5) is 18.2. The molecule has 10 heteroatoms. The van der Waals surface area contributed by atoms with Crippen LogP contribution in [0.25, 0.3) is 31.8 Å². The maximum Gasteiger partial charge on any atom is 0.237 e. The maximum atomic E-state index is 9.50. The Morgan fingerprint density at radius 2 is 2.20 bits per heavy atom. The van der Waals surface area contributed by atoms with Crippen molar-refractivity contribution in [2.45, 2.75) is 24.6 Å². The largest absolute Gasteiger partial charge is 0.497 e. The van der Waals surface area contributed by atoms with Gasteiger partial charge in [-0.3, -0.25) is 9.88 Å². The summed E-state index contributed by atoms with van der Waals surface area (Å²) in [6.45, 7) is 5.59. The maximum absolute atomic E-state index is 9.50. The van der Waals surface area contributed by atoms with Gasteiger partial charge in [0.15, 0.2) is 0 Å². The highest BCUT2D eigenvalue weighted by Crippen LogP contribution is 2.47. The van der Waals surface area contributed by atoms with Gasteiger partial charge in [-0.25, -0.2) is 0 Å². The first-order valence-corrected chi connectivity index (χ1v) is 9.75. The number of fused-ring (bicyclic) bond motifs is 4. The van der Waals surface area contributed by atoms with E-state index in [-0.39, 0.29) is 6.04 Å². The molecular weight excluding hydrogens is 384 g/mol. The summed E-state index contributed by atoms with van der Waals surface area (Å²) in [5.41, 5.74) is 18.2. The van der Waals surface area contributed by atoms with Crippen LogP contribution in [0.1, 0.15) is 18.4 Å². The number of nitrogens with zero attached hydrogens (tertiary/aromatic N) is 8. The quantitative estimate of drug-likeness (QED) is 0.214. The van der Waals surface area contributed by atoms with E-state index in [0.29, 0.717) is 34.1 Å². The van der Waals surface area contributed by atoms with Gasteiger partial charge >= 0.3 is 0 Å². The van der Waals surface area contributed by atoms with Crippen LogP contribution in [0.3, 0.4) is 0 Å². The number of hydrogen-bond donors (Lipinski definition) is 0. The van der Waals surface area contributed by atoms with E-state index in [1.165, 1.54) is 0 Å². The van der Waals surface area contributed by atoms with E-state index in [0.717, 1.165) is 25.9 Å². The van der Waals surface area contributed by atoms with E-state index in [4.69, 9.17) is 15.1 Å². The first-order valence-electron chi connectivity index (χ1n) is 9.75. The molecule has 0 radical (unpaired) electrons. The Morgan fingerprint density at radius 3 is 2.87 bits per heavy atom. The molecule has 1 aromatic carbocycles. The minimum absolute atomic E-state index is 0.300. The molecule has 30 heavy (non-hydrogen) atoms. The lowest BCUT2D eigenvalue weighted by atomic mass is 9.72. The molecule has 1 unspecified atom stereocenters. The Balaban J connectivity index is 1.93. The lowest BCUT2D eigenvalue weighted by molar-refractivity contribution is -0.143. The topological polar surface area (TPSA) is 132 Å². The minimum atomic E-state index is -1.54. The van der Waals surface area contributed by atoms with E-state index in [2.05, 4.69) is 36.7 Å². The molecule has 2 aromatic rings. The van der Waals surface area contributed by atoms with Crippen LogP contribution in [-0.2, 0) is 10.6 Å². The molecule has 0 amide bonds. The van der Waals surface area contributed by atoms with Crippen LogP contribution >= 0.6 is 0 Å². The zero-order chi connectivity index (χ0) is 21.1. The SMILES string of the molecule is C=C[C@H]1CN2CC[C@H]1C[C@H]2[C@](N=[N+]=[N-])(ON=[N+]=[N-])c1ccnc2ccc(OC)cc12. The second-order valence-corrected chi connectivity index (χ2v) is 7.58. The van der Waals surface area contributed by atoms with Crippen molar-refractivity contribution in [2.75, 3.05) is 20.2 Å². The van der Waals surface area contributed by atoms with Crippen molar-refractivity contribution < 1.29 is 9.57 Å². The van der Waals surface area contributed by atoms with Crippen molar-refractivity contribution in [1.82, 2.24) is 9.88 Å². The van der Waals surface area contributed by atoms with Crippen LogP contribution in [0.2, 0.25) is 0 Å². The molecular formula is C20H22N8O2. The number of azide groups is 2. The molecule has 0 N–H and O–H groups in total. The zero-order valence-electron chi connectivity index (χ0n) is 16.6. The Kier molecular flexibility index (Phi) is 5.37. The van der Waals surface area contributed by atoms with E-state index < -0.39 is 5.72 Å². The van der Waals surface area contributed by atoms with E-state index in [1.54, 1.807) is 19.4 Å². The molecule has 0 saturated carbocycles. The highest BCUT2D eigenvalue weighted by atomic mass is 16.7. The van der Waals surface area contributed by atoms with Gasteiger partial charge in [0.05, 0.1) is 18.7 Å². The Labute approximate surface area is 173 Å². The van der Waals surface area contributed by atoms with Gasteiger partial charge in [0.2, 0.25) is 5.72 Å². The Morgan fingerprint density at radius 1 is 1.33 bits per heavy atom. The number of methoxy groups -OCH3 is 1. The van der Waals surface area contributed by atoms with Crippen LogP contribution in [0.15, 0.2) is 53.5 Å². The average Bonchev–Trinajstić information content (AvgIpc) is 2.81. The molecule has 5 atom stereocenters. The molecule has 3 saturated heterocycles. The third-order valence-electron chi connectivity index (χ3n) is 6.30. The lowest BCUT2D eigenvalue weighted by Crippen LogP contribution is -2.60. The molecule has 3 aliphatic heterocycles. The van der Waals surface area contributed by atoms with Gasteiger partial charge in [-0.1, -0.05) is 6.08 Å². The smallest absolute Gasteiger partial charge is 0.237 e. The first-order chi connectivity index (χ1) is 14.7. The molecule has 3 fully saturated rings. The highest BCUT2D eigenvalue weighted by molar-refractivity contribution is 5.84. The van der Waals surface area contributed by atoms with Crippen molar-refractivity contribution in [2.24, 2.45) is 22.2 Å². The second-order valence-electron chi connectivity index (χ2n) is 7.58. The molecule has 4 heterocycles. The average molecular weight is 406 g/mol. The molecule has 2 bridgehead atoms. The van der Waals surface area contributed by atoms with Crippen LogP contribution in [0, 0.1) is 11.8 Å². The number of hydrogen-bond acceptors (Lipinski definition) is 6. The van der Waals surface area contributed by atoms with Gasteiger partial charge < -0.3 is 9.57 Å². The summed E-state index contributed by atoms with van der Waals surface area (Å²) < 4.78 is 5.38. The molecule has 5 rings (SSSR count). The molecule has 0 aliphatic carbocycles. The third-order valence-corrected chi connectivity index (χ3v) is 6.30. The Hall–Kier alpha value is -3.45. The summed E-state index contributed by atoms with van der Waals surface area (Å²) in [5.74, 6) is 1.39. The molecule has 1 aromatic heterocycles.